The standard InChI is InChI=1S/C19H24N4O/c1-13-8-10-20-19(21-13)22-17-9-11-23(15-6-7-15)18(17)14-4-3-5-16(12-14)24-2/h3-5,8,10,12,15,17-18H,6-7,9,11H2,1-2H3,(H,20,21,22). The first-order valence-electron chi connectivity index (χ1n) is 8.70. The third-order valence-corrected chi connectivity index (χ3v) is 5.00. The van der Waals surface area contributed by atoms with Crippen LogP contribution in [0.5, 0.6) is 5.75 Å². The smallest absolute Gasteiger partial charge is 0.223 e. The van der Waals surface area contributed by atoms with Gasteiger partial charge in [-0.25, -0.2) is 9.97 Å². The average Bonchev–Trinajstić information content (AvgIpc) is 3.36. The van der Waals surface area contributed by atoms with Gasteiger partial charge in [-0.15, -0.1) is 0 Å². The Labute approximate surface area is 143 Å². The van der Waals surface area contributed by atoms with E-state index in [1.54, 1.807) is 7.11 Å². The van der Waals surface area contributed by atoms with Crippen molar-refractivity contribution < 1.29 is 4.74 Å². The number of ether oxygens (including phenoxy) is 1. The van der Waals surface area contributed by atoms with Gasteiger partial charge in [0.05, 0.1) is 13.2 Å². The highest BCUT2D eigenvalue weighted by Crippen LogP contribution is 2.42. The average molecular weight is 324 g/mol. The highest BCUT2D eigenvalue weighted by atomic mass is 16.5. The van der Waals surface area contributed by atoms with E-state index >= 15 is 0 Å². The van der Waals surface area contributed by atoms with E-state index < -0.39 is 0 Å². The van der Waals surface area contributed by atoms with Crippen molar-refractivity contribution in [2.75, 3.05) is 19.0 Å². The lowest BCUT2D eigenvalue weighted by Gasteiger charge is -2.29. The lowest BCUT2D eigenvalue weighted by molar-refractivity contribution is 0.240. The van der Waals surface area contributed by atoms with Gasteiger partial charge in [0, 0.05) is 30.5 Å². The molecule has 2 heterocycles. The third kappa shape index (κ3) is 3.08. The number of nitrogens with zero attached hydrogens (tertiary/aromatic N) is 3. The Hall–Kier alpha value is -2.14. The molecule has 0 bridgehead atoms. The Morgan fingerprint density at radius 2 is 2.08 bits per heavy atom. The van der Waals surface area contributed by atoms with Gasteiger partial charge < -0.3 is 10.1 Å². The summed E-state index contributed by atoms with van der Waals surface area (Å²) in [6.07, 6.45) is 5.55. The number of hydrogen-bond acceptors (Lipinski definition) is 5. The van der Waals surface area contributed by atoms with Gasteiger partial charge in [0.2, 0.25) is 5.95 Å². The minimum Gasteiger partial charge on any atom is -0.497 e. The molecule has 1 aliphatic heterocycles. The van der Waals surface area contributed by atoms with E-state index in [2.05, 4.69) is 38.4 Å². The summed E-state index contributed by atoms with van der Waals surface area (Å²) in [5, 5.41) is 3.58. The zero-order chi connectivity index (χ0) is 16.5. The number of rotatable bonds is 5. The van der Waals surface area contributed by atoms with Gasteiger partial charge in [-0.3, -0.25) is 4.90 Å². The molecule has 0 radical (unpaired) electrons. The van der Waals surface area contributed by atoms with Crippen molar-refractivity contribution in [2.24, 2.45) is 0 Å². The fraction of sp³-hybridized carbons (Fsp3) is 0.474. The monoisotopic (exact) mass is 324 g/mol. The quantitative estimate of drug-likeness (QED) is 0.915. The zero-order valence-corrected chi connectivity index (χ0v) is 14.3. The maximum Gasteiger partial charge on any atom is 0.223 e. The SMILES string of the molecule is COc1cccc(C2C(Nc3nccc(C)n3)CCN2C2CC2)c1. The number of nitrogens with one attached hydrogen (secondary N) is 1. The van der Waals surface area contributed by atoms with E-state index in [-0.39, 0.29) is 0 Å². The van der Waals surface area contributed by atoms with Crippen molar-refractivity contribution in [3.05, 3.63) is 47.8 Å². The van der Waals surface area contributed by atoms with E-state index in [0.717, 1.165) is 36.4 Å². The van der Waals surface area contributed by atoms with E-state index in [1.165, 1.54) is 18.4 Å². The number of benzene rings is 1. The van der Waals surface area contributed by atoms with Crippen molar-refractivity contribution in [1.29, 1.82) is 0 Å². The molecule has 4 rings (SSSR count). The van der Waals surface area contributed by atoms with Crippen LogP contribution in [0, 0.1) is 6.92 Å². The van der Waals surface area contributed by atoms with Crippen molar-refractivity contribution in [3.63, 3.8) is 0 Å². The van der Waals surface area contributed by atoms with Crippen LogP contribution in [-0.2, 0) is 0 Å². The van der Waals surface area contributed by atoms with Crippen LogP contribution in [-0.4, -0.2) is 40.6 Å². The number of aromatic nitrogens is 2. The van der Waals surface area contributed by atoms with Crippen molar-refractivity contribution >= 4 is 5.95 Å². The normalized spacial score (nSPS) is 24.1. The second kappa shape index (κ2) is 6.40. The molecular formula is C19H24N4O. The third-order valence-electron chi connectivity index (χ3n) is 5.00. The van der Waals surface area contributed by atoms with Crippen molar-refractivity contribution in [2.45, 2.75) is 44.3 Å². The van der Waals surface area contributed by atoms with Gasteiger partial charge in [0.1, 0.15) is 5.75 Å². The lowest BCUT2D eigenvalue weighted by Crippen LogP contribution is -2.33. The maximum atomic E-state index is 5.43. The van der Waals surface area contributed by atoms with Gasteiger partial charge in [-0.2, -0.15) is 0 Å². The largest absolute Gasteiger partial charge is 0.497 e. The summed E-state index contributed by atoms with van der Waals surface area (Å²) in [4.78, 5) is 11.5. The second-order valence-electron chi connectivity index (χ2n) is 6.75. The van der Waals surface area contributed by atoms with E-state index in [1.807, 2.05) is 25.3 Å². The first kappa shape index (κ1) is 15.4. The Bertz CT molecular complexity index is 716. The molecule has 1 saturated heterocycles. The predicted octanol–water partition coefficient (Wildman–Crippen LogP) is 3.18. The Morgan fingerprint density at radius 1 is 1.21 bits per heavy atom. The summed E-state index contributed by atoms with van der Waals surface area (Å²) in [5.74, 6) is 1.64. The summed E-state index contributed by atoms with van der Waals surface area (Å²) in [6.45, 7) is 3.12. The van der Waals surface area contributed by atoms with Gasteiger partial charge in [-0.05, 0) is 49.9 Å². The molecule has 2 aliphatic rings. The molecule has 1 N–H and O–H groups in total. The van der Waals surface area contributed by atoms with Crippen molar-refractivity contribution in [3.8, 4) is 5.75 Å². The number of aryl methyl sites for hydroxylation is 1. The van der Waals surface area contributed by atoms with E-state index in [9.17, 15) is 0 Å². The van der Waals surface area contributed by atoms with Crippen molar-refractivity contribution in [1.82, 2.24) is 14.9 Å². The minimum absolute atomic E-state index is 0.319. The van der Waals surface area contributed by atoms with Crippen LogP contribution in [0.15, 0.2) is 36.5 Å². The molecule has 5 nitrogen and oxygen atoms in total. The first-order valence-corrected chi connectivity index (χ1v) is 8.70. The molecule has 2 atom stereocenters. The molecule has 2 aromatic rings. The molecule has 2 unspecified atom stereocenters. The molecule has 126 valence electrons. The first-order chi connectivity index (χ1) is 11.7. The molecule has 1 saturated carbocycles. The summed E-state index contributed by atoms with van der Waals surface area (Å²) >= 11 is 0. The van der Waals surface area contributed by atoms with Crippen LogP contribution in [0.3, 0.4) is 0 Å². The predicted molar refractivity (Wildman–Crippen MR) is 94.3 cm³/mol. The topological polar surface area (TPSA) is 50.3 Å². The molecule has 24 heavy (non-hydrogen) atoms. The molecular weight excluding hydrogens is 300 g/mol. The zero-order valence-electron chi connectivity index (χ0n) is 14.3. The number of likely N-dealkylation sites (tertiary alicyclic amines) is 1. The second-order valence-corrected chi connectivity index (χ2v) is 6.75. The number of hydrogen-bond donors (Lipinski definition) is 1. The van der Waals surface area contributed by atoms with Crippen LogP contribution in [0.2, 0.25) is 0 Å². The Kier molecular flexibility index (Phi) is 4.10. The number of anilines is 1. The molecule has 1 aromatic heterocycles. The van der Waals surface area contributed by atoms with E-state index in [4.69, 9.17) is 4.74 Å². The molecule has 1 aliphatic carbocycles. The number of methoxy groups -OCH3 is 1. The minimum atomic E-state index is 0.319. The van der Waals surface area contributed by atoms with Crippen LogP contribution in [0.4, 0.5) is 5.95 Å². The molecule has 1 aromatic carbocycles. The van der Waals surface area contributed by atoms with E-state index in [0.29, 0.717) is 12.1 Å². The summed E-state index contributed by atoms with van der Waals surface area (Å²) in [5.41, 5.74) is 2.30. The summed E-state index contributed by atoms with van der Waals surface area (Å²) in [6, 6.07) is 11.8. The summed E-state index contributed by atoms with van der Waals surface area (Å²) < 4.78 is 5.43. The van der Waals surface area contributed by atoms with Gasteiger partial charge >= 0.3 is 0 Å². The highest BCUT2D eigenvalue weighted by Gasteiger charge is 2.43. The molecule has 0 amide bonds. The molecule has 0 spiro atoms. The van der Waals surface area contributed by atoms with Gasteiger partial charge in [-0.1, -0.05) is 12.1 Å². The van der Waals surface area contributed by atoms with Gasteiger partial charge in [0.25, 0.3) is 0 Å². The molecule has 5 heteroatoms. The Morgan fingerprint density at radius 3 is 2.83 bits per heavy atom. The van der Waals surface area contributed by atoms with Gasteiger partial charge in [0.15, 0.2) is 0 Å². The van der Waals surface area contributed by atoms with Crippen LogP contribution in [0.1, 0.15) is 36.6 Å². The van der Waals surface area contributed by atoms with Crippen LogP contribution >= 0.6 is 0 Å². The fourth-order valence-electron chi connectivity index (χ4n) is 3.72. The fourth-order valence-corrected chi connectivity index (χ4v) is 3.72. The summed E-state index contributed by atoms with van der Waals surface area (Å²) in [7, 11) is 1.72. The highest BCUT2D eigenvalue weighted by molar-refractivity contribution is 5.36. The van der Waals surface area contributed by atoms with Crippen LogP contribution < -0.4 is 10.1 Å². The Balaban J connectivity index is 1.62. The maximum absolute atomic E-state index is 5.43. The molecule has 2 fully saturated rings. The lowest BCUT2D eigenvalue weighted by atomic mass is 9.99. The van der Waals surface area contributed by atoms with Crippen LogP contribution in [0.25, 0.3) is 0 Å².